The number of rotatable bonds is 7. The lowest BCUT2D eigenvalue weighted by Gasteiger charge is -2.20. The molecule has 0 radical (unpaired) electrons. The molecule has 0 bridgehead atoms. The Hall–Kier alpha value is -0.790. The summed E-state index contributed by atoms with van der Waals surface area (Å²) in [7, 11) is 1.55. The molecule has 0 heterocycles. The van der Waals surface area contributed by atoms with Crippen LogP contribution in [0.3, 0.4) is 0 Å². The predicted octanol–water partition coefficient (Wildman–Crippen LogP) is 3.63. The molecular formula is C13H18BrF3N2O. The molecule has 1 unspecified atom stereocenters. The van der Waals surface area contributed by atoms with Crippen LogP contribution in [-0.2, 0) is 10.9 Å². The van der Waals surface area contributed by atoms with E-state index in [1.807, 2.05) is 0 Å². The van der Waals surface area contributed by atoms with Crippen LogP contribution in [0.5, 0.6) is 0 Å². The lowest BCUT2D eigenvalue weighted by atomic mass is 10.1. The van der Waals surface area contributed by atoms with Gasteiger partial charge in [-0.2, -0.15) is 13.2 Å². The third kappa shape index (κ3) is 5.68. The molecule has 0 amide bonds. The van der Waals surface area contributed by atoms with Gasteiger partial charge in [0.15, 0.2) is 0 Å². The highest BCUT2D eigenvalue weighted by atomic mass is 79.9. The summed E-state index contributed by atoms with van der Waals surface area (Å²) in [5, 5.41) is 3.06. The van der Waals surface area contributed by atoms with Gasteiger partial charge in [-0.25, -0.2) is 0 Å². The van der Waals surface area contributed by atoms with Crippen molar-refractivity contribution >= 4 is 21.6 Å². The molecule has 0 spiro atoms. The molecule has 0 fully saturated rings. The van der Waals surface area contributed by atoms with Crippen molar-refractivity contribution in [2.24, 2.45) is 5.73 Å². The first-order chi connectivity index (χ1) is 9.36. The maximum atomic E-state index is 12.7. The predicted molar refractivity (Wildman–Crippen MR) is 76.7 cm³/mol. The van der Waals surface area contributed by atoms with Crippen LogP contribution in [0.15, 0.2) is 22.7 Å². The van der Waals surface area contributed by atoms with Gasteiger partial charge < -0.3 is 15.8 Å². The average Bonchev–Trinajstić information content (AvgIpc) is 2.34. The summed E-state index contributed by atoms with van der Waals surface area (Å²) in [6.45, 7) is 0.946. The van der Waals surface area contributed by atoms with E-state index in [-0.39, 0.29) is 6.04 Å². The number of benzene rings is 1. The minimum Gasteiger partial charge on any atom is -0.383 e. The van der Waals surface area contributed by atoms with Gasteiger partial charge in [-0.1, -0.05) is 15.9 Å². The van der Waals surface area contributed by atoms with Crippen LogP contribution in [0.2, 0.25) is 0 Å². The van der Waals surface area contributed by atoms with Crippen molar-refractivity contribution in [2.75, 3.05) is 25.6 Å². The fourth-order valence-corrected chi connectivity index (χ4v) is 2.33. The van der Waals surface area contributed by atoms with E-state index in [1.54, 1.807) is 13.2 Å². The van der Waals surface area contributed by atoms with Crippen molar-refractivity contribution in [3.63, 3.8) is 0 Å². The second-order valence-electron chi connectivity index (χ2n) is 4.45. The molecule has 1 atom stereocenters. The highest BCUT2D eigenvalue weighted by molar-refractivity contribution is 9.10. The summed E-state index contributed by atoms with van der Waals surface area (Å²) < 4.78 is 43.7. The van der Waals surface area contributed by atoms with E-state index in [2.05, 4.69) is 21.2 Å². The minimum absolute atomic E-state index is 0.0704. The highest BCUT2D eigenvalue weighted by Crippen LogP contribution is 2.33. The highest BCUT2D eigenvalue weighted by Gasteiger charge is 2.31. The zero-order chi connectivity index (χ0) is 15.2. The smallest absolute Gasteiger partial charge is 0.383 e. The lowest BCUT2D eigenvalue weighted by molar-refractivity contribution is -0.137. The van der Waals surface area contributed by atoms with Crippen LogP contribution in [-0.4, -0.2) is 26.3 Å². The average molecular weight is 355 g/mol. The van der Waals surface area contributed by atoms with E-state index in [0.29, 0.717) is 23.3 Å². The first kappa shape index (κ1) is 17.3. The van der Waals surface area contributed by atoms with E-state index >= 15 is 0 Å². The number of nitrogens with two attached hydrogens (primary N) is 1. The summed E-state index contributed by atoms with van der Waals surface area (Å²) in [5.41, 5.74) is 5.16. The molecule has 1 rings (SSSR count). The summed E-state index contributed by atoms with van der Waals surface area (Å²) in [5.74, 6) is 0. The standard InChI is InChI=1S/C13H18BrF3N2O/c1-20-8-11(3-2-4-18)19-12-6-9(13(15,16)17)5-10(14)7-12/h5-7,11,19H,2-4,8,18H2,1H3. The summed E-state index contributed by atoms with van der Waals surface area (Å²) in [6.07, 6.45) is -2.85. The Balaban J connectivity index is 2.86. The molecule has 0 aromatic heterocycles. The molecule has 7 heteroatoms. The lowest BCUT2D eigenvalue weighted by Crippen LogP contribution is -2.26. The molecule has 3 nitrogen and oxygen atoms in total. The molecule has 3 N–H and O–H groups in total. The van der Waals surface area contributed by atoms with Crippen LogP contribution in [0.25, 0.3) is 0 Å². The zero-order valence-corrected chi connectivity index (χ0v) is 12.7. The minimum atomic E-state index is -4.37. The van der Waals surface area contributed by atoms with Crippen LogP contribution < -0.4 is 11.1 Å². The van der Waals surface area contributed by atoms with Gasteiger partial charge in [0, 0.05) is 23.3 Å². The number of halogens is 4. The Morgan fingerprint density at radius 1 is 1.35 bits per heavy atom. The summed E-state index contributed by atoms with van der Waals surface area (Å²) in [6, 6.07) is 3.69. The van der Waals surface area contributed by atoms with E-state index in [1.165, 1.54) is 0 Å². The largest absolute Gasteiger partial charge is 0.416 e. The van der Waals surface area contributed by atoms with Gasteiger partial charge >= 0.3 is 6.18 Å². The number of anilines is 1. The van der Waals surface area contributed by atoms with Crippen LogP contribution in [0.1, 0.15) is 18.4 Å². The molecule has 0 saturated carbocycles. The number of methoxy groups -OCH3 is 1. The Morgan fingerprint density at radius 2 is 2.05 bits per heavy atom. The summed E-state index contributed by atoms with van der Waals surface area (Å²) in [4.78, 5) is 0. The van der Waals surface area contributed by atoms with Crippen molar-refractivity contribution in [3.05, 3.63) is 28.2 Å². The van der Waals surface area contributed by atoms with Crippen molar-refractivity contribution in [2.45, 2.75) is 25.1 Å². The molecule has 0 aliphatic heterocycles. The van der Waals surface area contributed by atoms with E-state index in [4.69, 9.17) is 10.5 Å². The number of hydrogen-bond acceptors (Lipinski definition) is 3. The summed E-state index contributed by atoms with van der Waals surface area (Å²) >= 11 is 3.10. The van der Waals surface area contributed by atoms with Gasteiger partial charge in [-0.05, 0) is 37.6 Å². The molecular weight excluding hydrogens is 337 g/mol. The number of alkyl halides is 3. The first-order valence-electron chi connectivity index (χ1n) is 6.20. The van der Waals surface area contributed by atoms with E-state index in [9.17, 15) is 13.2 Å². The monoisotopic (exact) mass is 354 g/mol. The topological polar surface area (TPSA) is 47.3 Å². The fourth-order valence-electron chi connectivity index (χ4n) is 1.83. The SMILES string of the molecule is COCC(CCCN)Nc1cc(Br)cc(C(F)(F)F)c1. The Morgan fingerprint density at radius 3 is 2.60 bits per heavy atom. The second kappa shape index (κ2) is 7.85. The first-order valence-corrected chi connectivity index (χ1v) is 6.99. The van der Waals surface area contributed by atoms with Gasteiger partial charge in [0.05, 0.1) is 12.2 Å². The second-order valence-corrected chi connectivity index (χ2v) is 5.37. The van der Waals surface area contributed by atoms with Gasteiger partial charge in [0.25, 0.3) is 0 Å². The normalized spacial score (nSPS) is 13.3. The maximum absolute atomic E-state index is 12.7. The molecule has 114 valence electrons. The van der Waals surface area contributed by atoms with E-state index in [0.717, 1.165) is 25.0 Å². The van der Waals surface area contributed by atoms with Gasteiger partial charge in [0.2, 0.25) is 0 Å². The van der Waals surface area contributed by atoms with Crippen molar-refractivity contribution in [3.8, 4) is 0 Å². The molecule has 0 aliphatic rings. The molecule has 0 saturated heterocycles. The number of ether oxygens (including phenoxy) is 1. The molecule has 20 heavy (non-hydrogen) atoms. The number of hydrogen-bond donors (Lipinski definition) is 2. The van der Waals surface area contributed by atoms with Gasteiger partial charge in [-0.15, -0.1) is 0 Å². The molecule has 0 aliphatic carbocycles. The van der Waals surface area contributed by atoms with E-state index < -0.39 is 11.7 Å². The Kier molecular flexibility index (Phi) is 6.78. The fraction of sp³-hybridized carbons (Fsp3) is 0.538. The Bertz CT molecular complexity index is 427. The molecule has 1 aromatic rings. The third-order valence-electron chi connectivity index (χ3n) is 2.72. The van der Waals surface area contributed by atoms with Crippen molar-refractivity contribution in [1.82, 2.24) is 0 Å². The zero-order valence-electron chi connectivity index (χ0n) is 11.1. The van der Waals surface area contributed by atoms with Gasteiger partial charge in [0.1, 0.15) is 0 Å². The van der Waals surface area contributed by atoms with Gasteiger partial charge in [-0.3, -0.25) is 0 Å². The van der Waals surface area contributed by atoms with Crippen molar-refractivity contribution in [1.29, 1.82) is 0 Å². The Labute approximate surface area is 124 Å². The molecule has 1 aromatic carbocycles. The van der Waals surface area contributed by atoms with Crippen LogP contribution >= 0.6 is 15.9 Å². The quantitative estimate of drug-likeness (QED) is 0.785. The van der Waals surface area contributed by atoms with Crippen LogP contribution in [0.4, 0.5) is 18.9 Å². The van der Waals surface area contributed by atoms with Crippen LogP contribution in [0, 0.1) is 0 Å². The number of nitrogens with one attached hydrogen (secondary N) is 1. The third-order valence-corrected chi connectivity index (χ3v) is 3.18. The maximum Gasteiger partial charge on any atom is 0.416 e. The van der Waals surface area contributed by atoms with Crippen molar-refractivity contribution < 1.29 is 17.9 Å².